The summed E-state index contributed by atoms with van der Waals surface area (Å²) >= 11 is 0. The van der Waals surface area contributed by atoms with Gasteiger partial charge in [-0.05, 0) is 13.8 Å². The van der Waals surface area contributed by atoms with Gasteiger partial charge in [0.1, 0.15) is 0 Å². The van der Waals surface area contributed by atoms with Gasteiger partial charge in [0.15, 0.2) is 0 Å². The van der Waals surface area contributed by atoms with E-state index < -0.39 is 0 Å². The molecule has 0 aliphatic rings. The van der Waals surface area contributed by atoms with Crippen molar-refractivity contribution in [3.63, 3.8) is 0 Å². The van der Waals surface area contributed by atoms with Crippen LogP contribution in [0.3, 0.4) is 0 Å². The largest absolute Gasteiger partial charge is 0.463 e. The zero-order valence-corrected chi connectivity index (χ0v) is 9.16. The summed E-state index contributed by atoms with van der Waals surface area (Å²) < 4.78 is 4.69. The molecule has 0 rings (SSSR count). The SMILES string of the molecule is CCOC(=O)/C=C/CNC(C)CC(N)=O. The van der Waals surface area contributed by atoms with Crippen LogP contribution in [0.1, 0.15) is 20.3 Å². The van der Waals surface area contributed by atoms with Crippen LogP contribution in [0.4, 0.5) is 0 Å². The number of nitrogens with two attached hydrogens (primary N) is 1. The molecule has 0 saturated heterocycles. The first-order chi connectivity index (χ1) is 7.06. The molecular formula is C10H18N2O3. The number of hydrogen-bond donors (Lipinski definition) is 2. The van der Waals surface area contributed by atoms with E-state index in [1.807, 2.05) is 6.92 Å². The fourth-order valence-electron chi connectivity index (χ4n) is 0.989. The van der Waals surface area contributed by atoms with E-state index in [9.17, 15) is 9.59 Å². The number of carbonyl (C=O) groups is 2. The molecule has 0 aromatic carbocycles. The first-order valence-electron chi connectivity index (χ1n) is 4.91. The maximum absolute atomic E-state index is 10.9. The maximum Gasteiger partial charge on any atom is 0.330 e. The van der Waals surface area contributed by atoms with Crippen molar-refractivity contribution in [3.05, 3.63) is 12.2 Å². The molecule has 1 amide bonds. The van der Waals surface area contributed by atoms with Crippen LogP contribution in [0.5, 0.6) is 0 Å². The molecule has 5 nitrogen and oxygen atoms in total. The predicted molar refractivity (Wildman–Crippen MR) is 57.0 cm³/mol. The first kappa shape index (κ1) is 13.6. The van der Waals surface area contributed by atoms with Gasteiger partial charge in [0.05, 0.1) is 6.61 Å². The van der Waals surface area contributed by atoms with Gasteiger partial charge in [-0.15, -0.1) is 0 Å². The number of ether oxygens (including phenoxy) is 1. The summed E-state index contributed by atoms with van der Waals surface area (Å²) in [5.74, 6) is -0.703. The van der Waals surface area contributed by atoms with Gasteiger partial charge in [-0.3, -0.25) is 4.79 Å². The number of primary amides is 1. The normalized spacial score (nSPS) is 12.7. The molecule has 0 aromatic heterocycles. The third-order valence-electron chi connectivity index (χ3n) is 1.63. The highest BCUT2D eigenvalue weighted by Crippen LogP contribution is 1.88. The molecular weight excluding hydrogens is 196 g/mol. The van der Waals surface area contributed by atoms with Crippen molar-refractivity contribution >= 4 is 11.9 Å². The fourth-order valence-corrected chi connectivity index (χ4v) is 0.989. The lowest BCUT2D eigenvalue weighted by Crippen LogP contribution is -2.31. The van der Waals surface area contributed by atoms with Crippen LogP contribution < -0.4 is 11.1 Å². The Morgan fingerprint density at radius 1 is 1.53 bits per heavy atom. The fraction of sp³-hybridized carbons (Fsp3) is 0.600. The van der Waals surface area contributed by atoms with E-state index in [0.717, 1.165) is 0 Å². The van der Waals surface area contributed by atoms with E-state index in [-0.39, 0.29) is 24.3 Å². The van der Waals surface area contributed by atoms with Gasteiger partial charge >= 0.3 is 5.97 Å². The molecule has 0 radical (unpaired) electrons. The number of nitrogens with one attached hydrogen (secondary N) is 1. The molecule has 0 aliphatic carbocycles. The lowest BCUT2D eigenvalue weighted by atomic mass is 10.2. The Morgan fingerprint density at radius 2 is 2.20 bits per heavy atom. The summed E-state index contributed by atoms with van der Waals surface area (Å²) in [4.78, 5) is 21.4. The van der Waals surface area contributed by atoms with Crippen molar-refractivity contribution in [1.29, 1.82) is 0 Å². The lowest BCUT2D eigenvalue weighted by Gasteiger charge is -2.08. The molecule has 0 aromatic rings. The molecule has 0 spiro atoms. The number of amides is 1. The van der Waals surface area contributed by atoms with E-state index in [4.69, 9.17) is 5.73 Å². The maximum atomic E-state index is 10.9. The van der Waals surface area contributed by atoms with E-state index in [1.165, 1.54) is 6.08 Å². The lowest BCUT2D eigenvalue weighted by molar-refractivity contribution is -0.137. The minimum Gasteiger partial charge on any atom is -0.463 e. The Hall–Kier alpha value is -1.36. The van der Waals surface area contributed by atoms with E-state index >= 15 is 0 Å². The second-order valence-electron chi connectivity index (χ2n) is 3.13. The molecule has 0 heterocycles. The summed E-state index contributed by atoms with van der Waals surface area (Å²) in [6.45, 7) is 4.48. The minimum absolute atomic E-state index is 0.00865. The Morgan fingerprint density at radius 3 is 2.73 bits per heavy atom. The summed E-state index contributed by atoms with van der Waals surface area (Å²) in [6, 6.07) is 0.00865. The van der Waals surface area contributed by atoms with Gasteiger partial charge in [0, 0.05) is 25.1 Å². The van der Waals surface area contributed by atoms with E-state index in [2.05, 4.69) is 10.1 Å². The van der Waals surface area contributed by atoms with Crippen LogP contribution in [0.15, 0.2) is 12.2 Å². The molecule has 1 unspecified atom stereocenters. The molecule has 0 saturated carbocycles. The van der Waals surface area contributed by atoms with Gasteiger partial charge in [0.25, 0.3) is 0 Å². The Balaban J connectivity index is 3.60. The molecule has 3 N–H and O–H groups in total. The third kappa shape index (κ3) is 8.96. The number of hydrogen-bond acceptors (Lipinski definition) is 4. The predicted octanol–water partition coefficient (Wildman–Crippen LogP) is -0.0408. The Labute approximate surface area is 89.7 Å². The molecule has 1 atom stereocenters. The summed E-state index contributed by atoms with van der Waals surface area (Å²) in [6.07, 6.45) is 3.29. The molecule has 0 bridgehead atoms. The molecule has 0 fully saturated rings. The first-order valence-corrected chi connectivity index (χ1v) is 4.91. The van der Waals surface area contributed by atoms with Gasteiger partial charge in [0.2, 0.25) is 5.91 Å². The van der Waals surface area contributed by atoms with Crippen molar-refractivity contribution in [2.75, 3.05) is 13.2 Å². The van der Waals surface area contributed by atoms with Crippen molar-refractivity contribution < 1.29 is 14.3 Å². The van der Waals surface area contributed by atoms with Crippen LogP contribution in [0, 0.1) is 0 Å². The monoisotopic (exact) mass is 214 g/mol. The topological polar surface area (TPSA) is 81.4 Å². The third-order valence-corrected chi connectivity index (χ3v) is 1.63. The van der Waals surface area contributed by atoms with Crippen molar-refractivity contribution in [1.82, 2.24) is 5.32 Å². The molecule has 15 heavy (non-hydrogen) atoms. The summed E-state index contributed by atoms with van der Waals surface area (Å²) in [7, 11) is 0. The van der Waals surface area contributed by atoms with Crippen LogP contribution in [-0.4, -0.2) is 31.1 Å². The average Bonchev–Trinajstić information content (AvgIpc) is 2.12. The zero-order chi connectivity index (χ0) is 11.7. The van der Waals surface area contributed by atoms with Crippen LogP contribution in [0.25, 0.3) is 0 Å². The molecule has 5 heteroatoms. The highest BCUT2D eigenvalue weighted by atomic mass is 16.5. The van der Waals surface area contributed by atoms with Crippen molar-refractivity contribution in [3.8, 4) is 0 Å². The van der Waals surface area contributed by atoms with Gasteiger partial charge in [-0.25, -0.2) is 4.79 Å². The standard InChI is InChI=1S/C10H18N2O3/c1-3-15-10(14)5-4-6-12-8(2)7-9(11)13/h4-5,8,12H,3,6-7H2,1-2H3,(H2,11,13)/b5-4+. The molecule has 0 aliphatic heterocycles. The van der Waals surface area contributed by atoms with Crippen LogP contribution >= 0.6 is 0 Å². The zero-order valence-electron chi connectivity index (χ0n) is 9.16. The number of rotatable bonds is 7. The van der Waals surface area contributed by atoms with Crippen LogP contribution in [-0.2, 0) is 14.3 Å². The van der Waals surface area contributed by atoms with Crippen molar-refractivity contribution in [2.24, 2.45) is 5.73 Å². The average molecular weight is 214 g/mol. The van der Waals surface area contributed by atoms with Crippen molar-refractivity contribution in [2.45, 2.75) is 26.3 Å². The van der Waals surface area contributed by atoms with Crippen LogP contribution in [0.2, 0.25) is 0 Å². The number of carbonyl (C=O) groups excluding carboxylic acids is 2. The summed E-state index contributed by atoms with van der Waals surface area (Å²) in [5, 5.41) is 3.02. The van der Waals surface area contributed by atoms with Gasteiger partial charge in [-0.1, -0.05) is 6.08 Å². The highest BCUT2D eigenvalue weighted by Gasteiger charge is 2.03. The van der Waals surface area contributed by atoms with E-state index in [0.29, 0.717) is 13.2 Å². The van der Waals surface area contributed by atoms with E-state index in [1.54, 1.807) is 13.0 Å². The minimum atomic E-state index is -0.359. The Bertz CT molecular complexity index is 239. The smallest absolute Gasteiger partial charge is 0.330 e. The van der Waals surface area contributed by atoms with Gasteiger partial charge < -0.3 is 15.8 Å². The quantitative estimate of drug-likeness (QED) is 0.460. The second kappa shape index (κ2) is 7.99. The Kier molecular flexibility index (Phi) is 7.27. The highest BCUT2D eigenvalue weighted by molar-refractivity contribution is 5.81. The number of esters is 1. The molecule has 86 valence electrons. The summed E-state index contributed by atoms with van der Waals surface area (Å²) in [5.41, 5.74) is 5.01. The second-order valence-corrected chi connectivity index (χ2v) is 3.13. The van der Waals surface area contributed by atoms with Gasteiger partial charge in [-0.2, -0.15) is 0 Å².